The van der Waals surface area contributed by atoms with Crippen molar-refractivity contribution in [1.82, 2.24) is 9.97 Å². The predicted octanol–water partition coefficient (Wildman–Crippen LogP) is -0.193. The molecule has 56 valence electrons. The van der Waals surface area contributed by atoms with Crippen LogP contribution in [0.4, 0.5) is 0 Å². The number of aromatic amines is 2. The molecule has 5 heteroatoms. The Bertz CT molecular complexity index is 262. The van der Waals surface area contributed by atoms with Crippen molar-refractivity contribution in [2.75, 3.05) is 6.61 Å². The zero-order chi connectivity index (χ0) is 7.56. The molecule has 0 aliphatic rings. The molecule has 0 aliphatic heterocycles. The summed E-state index contributed by atoms with van der Waals surface area (Å²) in [5.74, 6) is -0.167. The lowest BCUT2D eigenvalue weighted by Crippen LogP contribution is -2.01. The molecule has 1 heterocycles. The topological polar surface area (TPSA) is 78.1 Å². The quantitative estimate of drug-likeness (QED) is 0.538. The first-order chi connectivity index (χ1) is 4.74. The second kappa shape index (κ2) is 2.47. The van der Waals surface area contributed by atoms with Crippen LogP contribution in [0.25, 0.3) is 0 Å². The maximum atomic E-state index is 10.4. The van der Waals surface area contributed by atoms with Crippen molar-refractivity contribution in [3.05, 3.63) is 10.5 Å². The molecule has 0 unspecified atom stereocenters. The van der Waals surface area contributed by atoms with Crippen LogP contribution in [-0.4, -0.2) is 21.7 Å². The molecule has 0 spiro atoms. The number of aromatic hydroxyl groups is 1. The van der Waals surface area contributed by atoms with Gasteiger partial charge < -0.3 is 9.84 Å². The molecule has 1 rings (SSSR count). The number of ether oxygens (including phenoxy) is 1. The van der Waals surface area contributed by atoms with Crippen LogP contribution in [-0.2, 0) is 0 Å². The lowest BCUT2D eigenvalue weighted by molar-refractivity contribution is 0.305. The summed E-state index contributed by atoms with van der Waals surface area (Å²) in [6.45, 7) is 2.16. The van der Waals surface area contributed by atoms with E-state index in [4.69, 9.17) is 9.84 Å². The molecule has 0 saturated carbocycles. The molecule has 10 heavy (non-hydrogen) atoms. The third-order valence-corrected chi connectivity index (χ3v) is 0.963. The fourth-order valence-electron chi connectivity index (χ4n) is 0.607. The monoisotopic (exact) mass is 144 g/mol. The third-order valence-electron chi connectivity index (χ3n) is 0.963. The number of rotatable bonds is 2. The number of nitrogens with one attached hydrogen (secondary N) is 2. The minimum Gasteiger partial charge on any atom is -0.491 e. The molecule has 0 aliphatic carbocycles. The maximum absolute atomic E-state index is 10.4. The molecule has 1 aromatic heterocycles. The summed E-state index contributed by atoms with van der Waals surface area (Å²) < 4.78 is 4.82. The molecule has 1 aromatic rings. The van der Waals surface area contributed by atoms with Gasteiger partial charge in [0.15, 0.2) is 0 Å². The zero-order valence-corrected chi connectivity index (χ0v) is 5.47. The van der Waals surface area contributed by atoms with E-state index < -0.39 is 5.69 Å². The van der Waals surface area contributed by atoms with Gasteiger partial charge in [0.1, 0.15) is 0 Å². The average molecular weight is 144 g/mol. The number of hydrogen-bond donors (Lipinski definition) is 3. The van der Waals surface area contributed by atoms with Gasteiger partial charge in [-0.2, -0.15) is 0 Å². The van der Waals surface area contributed by atoms with Crippen molar-refractivity contribution in [3.8, 4) is 11.8 Å². The third kappa shape index (κ3) is 1.12. The SMILES string of the molecule is CCOc1[nH]c(=O)[nH]c1O. The molecule has 0 radical (unpaired) electrons. The normalized spacial score (nSPS) is 9.70. The number of imidazole rings is 1. The van der Waals surface area contributed by atoms with Gasteiger partial charge in [0, 0.05) is 0 Å². The minimum atomic E-state index is -0.471. The van der Waals surface area contributed by atoms with Gasteiger partial charge in [0.05, 0.1) is 6.61 Å². The first-order valence-electron chi connectivity index (χ1n) is 2.88. The second-order valence-electron chi connectivity index (χ2n) is 1.69. The van der Waals surface area contributed by atoms with Crippen LogP contribution >= 0.6 is 0 Å². The summed E-state index contributed by atoms with van der Waals surface area (Å²) in [6.07, 6.45) is 0. The van der Waals surface area contributed by atoms with Crippen LogP contribution in [0.15, 0.2) is 4.79 Å². The average Bonchev–Trinajstić information content (AvgIpc) is 2.13. The van der Waals surface area contributed by atoms with E-state index in [1.165, 1.54) is 0 Å². The first-order valence-corrected chi connectivity index (χ1v) is 2.88. The molecule has 0 fully saturated rings. The Balaban J connectivity index is 2.92. The van der Waals surface area contributed by atoms with Gasteiger partial charge in [0.25, 0.3) is 11.8 Å². The van der Waals surface area contributed by atoms with Gasteiger partial charge in [0.2, 0.25) is 0 Å². The van der Waals surface area contributed by atoms with Crippen molar-refractivity contribution < 1.29 is 9.84 Å². The summed E-state index contributed by atoms with van der Waals surface area (Å²) in [6, 6.07) is 0. The second-order valence-corrected chi connectivity index (χ2v) is 1.69. The van der Waals surface area contributed by atoms with E-state index in [9.17, 15) is 4.79 Å². The Kier molecular flexibility index (Phi) is 1.66. The molecule has 0 amide bonds. The summed E-state index contributed by atoms with van der Waals surface area (Å²) in [5.41, 5.74) is -0.471. The Morgan fingerprint density at radius 3 is 2.70 bits per heavy atom. The highest BCUT2D eigenvalue weighted by molar-refractivity contribution is 5.22. The lowest BCUT2D eigenvalue weighted by Gasteiger charge is -1.95. The highest BCUT2D eigenvalue weighted by Gasteiger charge is 2.03. The molecule has 3 N–H and O–H groups in total. The number of hydrogen-bond acceptors (Lipinski definition) is 3. The fraction of sp³-hybridized carbons (Fsp3) is 0.400. The first kappa shape index (κ1) is 6.73. The number of aromatic nitrogens is 2. The molecule has 0 saturated heterocycles. The molecule has 0 aromatic carbocycles. The summed E-state index contributed by atoms with van der Waals surface area (Å²) in [5, 5.41) is 8.85. The van der Waals surface area contributed by atoms with Gasteiger partial charge in [-0.3, -0.25) is 9.97 Å². The molecule has 0 bridgehead atoms. The van der Waals surface area contributed by atoms with E-state index in [-0.39, 0.29) is 11.8 Å². The highest BCUT2D eigenvalue weighted by Crippen LogP contribution is 2.15. The highest BCUT2D eigenvalue weighted by atomic mass is 16.5. The Morgan fingerprint density at radius 2 is 2.30 bits per heavy atom. The van der Waals surface area contributed by atoms with Crippen LogP contribution in [0, 0.1) is 0 Å². The van der Waals surface area contributed by atoms with Crippen LogP contribution in [0.1, 0.15) is 6.92 Å². The van der Waals surface area contributed by atoms with Crippen LogP contribution in [0.3, 0.4) is 0 Å². The van der Waals surface area contributed by atoms with Crippen LogP contribution in [0.2, 0.25) is 0 Å². The summed E-state index contributed by atoms with van der Waals surface area (Å²) >= 11 is 0. The largest absolute Gasteiger partial charge is 0.491 e. The van der Waals surface area contributed by atoms with E-state index in [0.717, 1.165) is 0 Å². The van der Waals surface area contributed by atoms with Crippen molar-refractivity contribution in [1.29, 1.82) is 0 Å². The summed E-state index contributed by atoms with van der Waals surface area (Å²) in [7, 11) is 0. The Hall–Kier alpha value is -1.39. The van der Waals surface area contributed by atoms with Crippen molar-refractivity contribution >= 4 is 0 Å². The molecule has 0 atom stereocenters. The molecular weight excluding hydrogens is 136 g/mol. The van der Waals surface area contributed by atoms with Gasteiger partial charge in [-0.15, -0.1) is 0 Å². The van der Waals surface area contributed by atoms with E-state index in [1.54, 1.807) is 6.92 Å². The van der Waals surface area contributed by atoms with Crippen molar-refractivity contribution in [2.24, 2.45) is 0 Å². The summed E-state index contributed by atoms with van der Waals surface area (Å²) in [4.78, 5) is 14.8. The Labute approximate surface area is 56.7 Å². The zero-order valence-electron chi connectivity index (χ0n) is 5.47. The standard InChI is InChI=1S/C5H8N2O3/c1-2-10-4-3(8)6-5(9)7-4/h8H,2H2,1H3,(H2,6,7,9). The minimum absolute atomic E-state index is 0.0903. The lowest BCUT2D eigenvalue weighted by atomic mass is 10.7. The van der Waals surface area contributed by atoms with Gasteiger partial charge in [-0.1, -0.05) is 0 Å². The van der Waals surface area contributed by atoms with Gasteiger partial charge in [-0.05, 0) is 6.92 Å². The molecular formula is C5H8N2O3. The maximum Gasteiger partial charge on any atom is 0.328 e. The predicted molar refractivity (Wildman–Crippen MR) is 34.2 cm³/mol. The van der Waals surface area contributed by atoms with Crippen LogP contribution < -0.4 is 10.4 Å². The smallest absolute Gasteiger partial charge is 0.328 e. The van der Waals surface area contributed by atoms with Crippen molar-refractivity contribution in [3.63, 3.8) is 0 Å². The van der Waals surface area contributed by atoms with E-state index in [2.05, 4.69) is 9.97 Å². The molecule has 5 nitrogen and oxygen atoms in total. The fourth-order valence-corrected chi connectivity index (χ4v) is 0.607. The van der Waals surface area contributed by atoms with E-state index in [0.29, 0.717) is 6.61 Å². The van der Waals surface area contributed by atoms with Crippen molar-refractivity contribution in [2.45, 2.75) is 6.92 Å². The Morgan fingerprint density at radius 1 is 1.60 bits per heavy atom. The van der Waals surface area contributed by atoms with E-state index in [1.807, 2.05) is 0 Å². The number of H-pyrrole nitrogens is 2. The van der Waals surface area contributed by atoms with Crippen LogP contribution in [0.5, 0.6) is 11.8 Å². The van der Waals surface area contributed by atoms with Gasteiger partial charge in [-0.25, -0.2) is 4.79 Å². The van der Waals surface area contributed by atoms with Gasteiger partial charge >= 0.3 is 5.69 Å². The van der Waals surface area contributed by atoms with E-state index >= 15 is 0 Å².